The maximum absolute atomic E-state index is 9.55. The normalized spacial score (nSPS) is 18.1. The fourth-order valence-corrected chi connectivity index (χ4v) is 5.12. The van der Waals surface area contributed by atoms with Gasteiger partial charge in [0.2, 0.25) is 0 Å². The Morgan fingerprint density at radius 2 is 1.38 bits per heavy atom. The molecule has 0 spiro atoms. The predicted octanol–water partition coefficient (Wildman–Crippen LogP) is 2.98. The number of fused-ring (bicyclic) bond motifs is 1. The second kappa shape index (κ2) is 18.8. The van der Waals surface area contributed by atoms with Crippen molar-refractivity contribution in [1.29, 1.82) is 0 Å². The van der Waals surface area contributed by atoms with Crippen LogP contribution in [0.25, 0.3) is 0 Å². The maximum Gasteiger partial charge on any atom is 0.328 e. The molecule has 1 saturated heterocycles. The van der Waals surface area contributed by atoms with Gasteiger partial charge in [-0.1, -0.05) is 36.4 Å². The first-order chi connectivity index (χ1) is 21.5. The zero-order chi connectivity index (χ0) is 33.4. The number of piperidine rings is 1. The van der Waals surface area contributed by atoms with Gasteiger partial charge in [-0.05, 0) is 49.0 Å². The van der Waals surface area contributed by atoms with Crippen molar-refractivity contribution < 1.29 is 53.8 Å². The summed E-state index contributed by atoms with van der Waals surface area (Å²) in [5.41, 5.74) is 9.80. The van der Waals surface area contributed by atoms with Gasteiger partial charge in [0.1, 0.15) is 0 Å². The van der Waals surface area contributed by atoms with E-state index in [1.54, 1.807) is 14.2 Å². The summed E-state index contributed by atoms with van der Waals surface area (Å²) in [4.78, 5) is 40.8. The number of ether oxygens (including phenoxy) is 3. The van der Waals surface area contributed by atoms with Crippen LogP contribution in [0, 0.1) is 5.92 Å². The summed E-state index contributed by atoms with van der Waals surface area (Å²) in [7, 11) is 3.39. The third kappa shape index (κ3) is 12.4. The van der Waals surface area contributed by atoms with Gasteiger partial charge in [0, 0.05) is 49.4 Å². The molecule has 0 saturated carbocycles. The smallest absolute Gasteiger partial charge is 0.328 e. The molecule has 13 heteroatoms. The molecule has 45 heavy (non-hydrogen) atoms. The van der Waals surface area contributed by atoms with Crippen LogP contribution in [0.5, 0.6) is 11.5 Å². The summed E-state index contributed by atoms with van der Waals surface area (Å²) >= 11 is 0. The minimum Gasteiger partial charge on any atom is -0.493 e. The second-order valence-corrected chi connectivity index (χ2v) is 10.1. The van der Waals surface area contributed by atoms with E-state index in [0.717, 1.165) is 56.0 Å². The number of nitrogens with zero attached hydrogens (tertiary/aromatic N) is 1. The molecule has 13 nitrogen and oxygen atoms in total. The maximum atomic E-state index is 9.55. The third-order valence-corrected chi connectivity index (χ3v) is 7.13. The Kier molecular flexibility index (Phi) is 15.3. The highest BCUT2D eigenvalue weighted by molar-refractivity contribution is 5.90. The van der Waals surface area contributed by atoms with Crippen LogP contribution in [0.1, 0.15) is 35.6 Å². The van der Waals surface area contributed by atoms with Crippen molar-refractivity contribution in [3.05, 3.63) is 83.5 Å². The van der Waals surface area contributed by atoms with Crippen molar-refractivity contribution in [3.63, 3.8) is 0 Å². The van der Waals surface area contributed by atoms with E-state index >= 15 is 0 Å². The monoisotopic (exact) mass is 628 g/mol. The lowest BCUT2D eigenvalue weighted by atomic mass is 9.83. The summed E-state index contributed by atoms with van der Waals surface area (Å²) in [5, 5.41) is 31.2. The van der Waals surface area contributed by atoms with Crippen LogP contribution in [-0.2, 0) is 36.9 Å². The molecule has 0 aliphatic carbocycles. The van der Waals surface area contributed by atoms with Gasteiger partial charge in [-0.15, -0.1) is 0 Å². The highest BCUT2D eigenvalue weighted by Crippen LogP contribution is 2.43. The summed E-state index contributed by atoms with van der Waals surface area (Å²) in [6.45, 7) is 3.72. The minimum atomic E-state index is -1.26. The number of carboxylic acid groups (broad SMARTS) is 4. The minimum absolute atomic E-state index is 0.0779. The second-order valence-electron chi connectivity index (χ2n) is 10.1. The number of hydrogen-bond donors (Lipinski definition) is 5. The topological polar surface area (TPSA) is 206 Å². The SMILES string of the molecule is COc1ccc2c(c1OC)C[C@@H](C1CCN(Cc3ccccc3)CC1)O[C@H]2CN.O=C(O)/C=C/C(=O)O.O=C(O)/C=C/C(=O)O. The zero-order valence-electron chi connectivity index (χ0n) is 25.2. The van der Waals surface area contributed by atoms with Gasteiger partial charge in [-0.2, -0.15) is 0 Å². The number of nitrogens with two attached hydrogens (primary N) is 1. The van der Waals surface area contributed by atoms with Crippen LogP contribution in [0.4, 0.5) is 0 Å². The lowest BCUT2D eigenvalue weighted by Crippen LogP contribution is -2.42. The highest BCUT2D eigenvalue weighted by Gasteiger charge is 2.36. The predicted molar refractivity (Wildman–Crippen MR) is 163 cm³/mol. The molecule has 2 aromatic rings. The molecule has 0 aromatic heterocycles. The van der Waals surface area contributed by atoms with Gasteiger partial charge in [-0.3, -0.25) is 4.90 Å². The molecule has 2 aliphatic heterocycles. The van der Waals surface area contributed by atoms with Crippen LogP contribution in [0.3, 0.4) is 0 Å². The summed E-state index contributed by atoms with van der Waals surface area (Å²) in [5.74, 6) is -2.88. The molecule has 2 aliphatic rings. The number of carbonyl (C=O) groups is 4. The average molecular weight is 629 g/mol. The Balaban J connectivity index is 0.000000365. The van der Waals surface area contributed by atoms with Gasteiger partial charge < -0.3 is 40.4 Å². The first-order valence-electron chi connectivity index (χ1n) is 14.1. The Morgan fingerprint density at radius 3 is 1.82 bits per heavy atom. The Bertz CT molecular complexity index is 1270. The molecule has 244 valence electrons. The fraction of sp³-hybridized carbons (Fsp3) is 0.375. The largest absolute Gasteiger partial charge is 0.493 e. The van der Waals surface area contributed by atoms with Crippen molar-refractivity contribution in [2.45, 2.75) is 38.0 Å². The van der Waals surface area contributed by atoms with Crippen molar-refractivity contribution in [1.82, 2.24) is 4.90 Å². The first kappa shape index (κ1) is 36.5. The number of aliphatic carboxylic acids is 4. The molecular weight excluding hydrogens is 588 g/mol. The molecule has 1 fully saturated rings. The molecule has 6 N–H and O–H groups in total. The quantitative estimate of drug-likeness (QED) is 0.240. The van der Waals surface area contributed by atoms with Gasteiger partial charge in [0.15, 0.2) is 11.5 Å². The molecule has 0 bridgehead atoms. The average Bonchev–Trinajstić information content (AvgIpc) is 3.03. The van der Waals surface area contributed by atoms with Crippen molar-refractivity contribution >= 4 is 23.9 Å². The molecule has 0 radical (unpaired) electrons. The molecule has 0 amide bonds. The molecular formula is C32H40N2O11. The summed E-state index contributed by atoms with van der Waals surface area (Å²) < 4.78 is 17.7. The Labute approximate surface area is 261 Å². The summed E-state index contributed by atoms with van der Waals surface area (Å²) in [6.07, 6.45) is 5.49. The van der Waals surface area contributed by atoms with E-state index in [1.165, 1.54) is 11.1 Å². The summed E-state index contributed by atoms with van der Waals surface area (Å²) in [6, 6.07) is 14.7. The van der Waals surface area contributed by atoms with E-state index in [2.05, 4.69) is 41.3 Å². The van der Waals surface area contributed by atoms with E-state index < -0.39 is 23.9 Å². The van der Waals surface area contributed by atoms with Crippen LogP contribution in [0.2, 0.25) is 0 Å². The van der Waals surface area contributed by atoms with Gasteiger partial charge in [-0.25, -0.2) is 19.2 Å². The number of hydrogen-bond acceptors (Lipinski definition) is 9. The number of likely N-dealkylation sites (tertiary alicyclic amines) is 1. The number of rotatable bonds is 10. The first-order valence-corrected chi connectivity index (χ1v) is 14.1. The molecule has 2 atom stereocenters. The van der Waals surface area contributed by atoms with Gasteiger partial charge in [0.05, 0.1) is 26.4 Å². The zero-order valence-corrected chi connectivity index (χ0v) is 25.2. The molecule has 2 heterocycles. The van der Waals surface area contributed by atoms with Crippen LogP contribution in [0.15, 0.2) is 66.8 Å². The number of benzene rings is 2. The third-order valence-electron chi connectivity index (χ3n) is 7.13. The Hall–Kier alpha value is -4.72. The standard InChI is InChI=1S/C24H32N2O3.2C4H4O4/c1-27-21-9-8-19-20(24(21)28-2)14-22(29-23(19)15-25)18-10-12-26(13-11-18)16-17-6-4-3-5-7-17;2*5-3(6)1-2-4(7)8/h3-9,18,22-23H,10-16,25H2,1-2H3;2*1-2H,(H,5,6)(H,7,8)/b;2*2-1+/t22-,23-;;/m0../s1. The van der Waals surface area contributed by atoms with Crippen molar-refractivity contribution in [3.8, 4) is 11.5 Å². The Morgan fingerprint density at radius 1 is 0.844 bits per heavy atom. The fourth-order valence-electron chi connectivity index (χ4n) is 5.12. The van der Waals surface area contributed by atoms with Crippen LogP contribution >= 0.6 is 0 Å². The van der Waals surface area contributed by atoms with Gasteiger partial charge in [0.25, 0.3) is 0 Å². The van der Waals surface area contributed by atoms with E-state index in [1.807, 2.05) is 6.07 Å². The van der Waals surface area contributed by atoms with Crippen LogP contribution < -0.4 is 15.2 Å². The highest BCUT2D eigenvalue weighted by atomic mass is 16.5. The number of carboxylic acids is 4. The number of methoxy groups -OCH3 is 2. The van der Waals surface area contributed by atoms with E-state index in [9.17, 15) is 19.2 Å². The van der Waals surface area contributed by atoms with Gasteiger partial charge >= 0.3 is 23.9 Å². The van der Waals surface area contributed by atoms with Crippen LogP contribution in [-0.4, -0.2) is 89.2 Å². The molecule has 4 rings (SSSR count). The molecule has 2 aromatic carbocycles. The van der Waals surface area contributed by atoms with E-state index in [-0.39, 0.29) is 12.2 Å². The van der Waals surface area contributed by atoms with Crippen molar-refractivity contribution in [2.75, 3.05) is 33.9 Å². The van der Waals surface area contributed by atoms with E-state index in [0.29, 0.717) is 36.8 Å². The van der Waals surface area contributed by atoms with Crippen molar-refractivity contribution in [2.24, 2.45) is 11.7 Å². The molecule has 0 unspecified atom stereocenters. The lowest BCUT2D eigenvalue weighted by Gasteiger charge is -2.40. The van der Waals surface area contributed by atoms with E-state index in [4.69, 9.17) is 40.4 Å². The lowest BCUT2D eigenvalue weighted by molar-refractivity contribution is -0.134.